The summed E-state index contributed by atoms with van der Waals surface area (Å²) in [5.74, 6) is 1.40. The van der Waals surface area contributed by atoms with Gasteiger partial charge in [0.1, 0.15) is 0 Å². The van der Waals surface area contributed by atoms with Gasteiger partial charge < -0.3 is 14.6 Å². The van der Waals surface area contributed by atoms with Crippen molar-refractivity contribution in [3.8, 4) is 11.5 Å². The lowest BCUT2D eigenvalue weighted by Crippen LogP contribution is -2.25. The van der Waals surface area contributed by atoms with Crippen molar-refractivity contribution in [2.75, 3.05) is 14.2 Å². The highest BCUT2D eigenvalue weighted by Crippen LogP contribution is 2.43. The van der Waals surface area contributed by atoms with Crippen LogP contribution in [0.25, 0.3) is 0 Å². The third-order valence-electron chi connectivity index (χ3n) is 3.69. The van der Waals surface area contributed by atoms with Gasteiger partial charge in [0, 0.05) is 11.0 Å². The molecular weight excluding hydrogens is 252 g/mol. The largest absolute Gasteiger partial charge is 0.493 e. The summed E-state index contributed by atoms with van der Waals surface area (Å²) >= 11 is 0. The Morgan fingerprint density at radius 2 is 1.85 bits per heavy atom. The Bertz CT molecular complexity index is 493. The number of aryl methyl sites for hydroxylation is 1. The van der Waals surface area contributed by atoms with Gasteiger partial charge in [-0.1, -0.05) is 31.2 Å². The van der Waals surface area contributed by atoms with Crippen LogP contribution in [0.1, 0.15) is 24.5 Å². The number of allylic oxidation sites excluding steroid dienone is 1. The predicted molar refractivity (Wildman–Crippen MR) is 82.7 cm³/mol. The number of aliphatic hydroxyl groups is 1. The van der Waals surface area contributed by atoms with Gasteiger partial charge in [0.15, 0.2) is 11.5 Å². The highest BCUT2D eigenvalue weighted by atomic mass is 16.5. The molecule has 0 saturated heterocycles. The van der Waals surface area contributed by atoms with Crippen LogP contribution >= 0.6 is 0 Å². The van der Waals surface area contributed by atoms with Gasteiger partial charge in [0.25, 0.3) is 0 Å². The molecule has 110 valence electrons. The van der Waals surface area contributed by atoms with Crippen LogP contribution in [0.15, 0.2) is 37.4 Å². The first kappa shape index (κ1) is 16.3. The Labute approximate surface area is 121 Å². The predicted octanol–water partition coefficient (Wildman–Crippen LogP) is 3.39. The third kappa shape index (κ3) is 3.05. The quantitative estimate of drug-likeness (QED) is 0.776. The van der Waals surface area contributed by atoms with E-state index in [1.54, 1.807) is 14.2 Å². The lowest BCUT2D eigenvalue weighted by molar-refractivity contribution is 0.189. The molecule has 3 heteroatoms. The molecule has 0 bridgehead atoms. The topological polar surface area (TPSA) is 38.7 Å². The highest BCUT2D eigenvalue weighted by Gasteiger charge is 2.30. The second kappa shape index (κ2) is 6.62. The van der Waals surface area contributed by atoms with Crippen molar-refractivity contribution in [2.24, 2.45) is 0 Å². The molecule has 1 aromatic carbocycles. The van der Waals surface area contributed by atoms with E-state index in [1.165, 1.54) is 6.08 Å². The van der Waals surface area contributed by atoms with Crippen LogP contribution < -0.4 is 9.47 Å². The molecule has 0 fully saturated rings. The summed E-state index contributed by atoms with van der Waals surface area (Å²) < 4.78 is 11.0. The summed E-state index contributed by atoms with van der Waals surface area (Å²) in [5, 5.41) is 9.89. The summed E-state index contributed by atoms with van der Waals surface area (Å²) in [5.41, 5.74) is 1.52. The van der Waals surface area contributed by atoms with Crippen LogP contribution in [0.3, 0.4) is 0 Å². The molecule has 2 atom stereocenters. The summed E-state index contributed by atoms with van der Waals surface area (Å²) in [4.78, 5) is 0. The van der Waals surface area contributed by atoms with E-state index in [-0.39, 0.29) is 0 Å². The zero-order valence-corrected chi connectivity index (χ0v) is 12.8. The maximum absolute atomic E-state index is 9.89. The van der Waals surface area contributed by atoms with Crippen molar-refractivity contribution in [3.63, 3.8) is 0 Å². The van der Waals surface area contributed by atoms with Crippen LogP contribution in [0.5, 0.6) is 11.5 Å². The minimum absolute atomic E-state index is 0.431. The van der Waals surface area contributed by atoms with Gasteiger partial charge in [-0.25, -0.2) is 0 Å². The van der Waals surface area contributed by atoms with E-state index in [9.17, 15) is 5.11 Å². The van der Waals surface area contributed by atoms with Crippen molar-refractivity contribution in [2.45, 2.75) is 31.8 Å². The Kier molecular flexibility index (Phi) is 5.40. The average molecular weight is 276 g/mol. The molecule has 0 aromatic heterocycles. The maximum atomic E-state index is 9.89. The van der Waals surface area contributed by atoms with E-state index in [0.29, 0.717) is 17.9 Å². The smallest absolute Gasteiger partial charge is 0.165 e. The highest BCUT2D eigenvalue weighted by molar-refractivity contribution is 5.55. The number of methoxy groups -OCH3 is 2. The molecule has 20 heavy (non-hydrogen) atoms. The van der Waals surface area contributed by atoms with Crippen LogP contribution in [0.4, 0.5) is 0 Å². The minimum atomic E-state index is -0.602. The Balaban J connectivity index is 3.42. The van der Waals surface area contributed by atoms with Gasteiger partial charge in [0.2, 0.25) is 0 Å². The Hall–Kier alpha value is -1.74. The van der Waals surface area contributed by atoms with Crippen LogP contribution in [0, 0.1) is 6.92 Å². The van der Waals surface area contributed by atoms with Gasteiger partial charge in [0.05, 0.1) is 20.3 Å². The van der Waals surface area contributed by atoms with E-state index in [4.69, 9.17) is 9.47 Å². The first-order valence-corrected chi connectivity index (χ1v) is 6.59. The van der Waals surface area contributed by atoms with Gasteiger partial charge in [-0.15, -0.1) is 13.2 Å². The molecule has 3 nitrogen and oxygen atoms in total. The summed E-state index contributed by atoms with van der Waals surface area (Å²) in [7, 11) is 3.24. The first-order chi connectivity index (χ1) is 9.43. The number of ether oxygens (including phenoxy) is 2. The Morgan fingerprint density at radius 1 is 1.25 bits per heavy atom. The molecule has 0 aliphatic rings. The molecule has 0 radical (unpaired) electrons. The fourth-order valence-corrected chi connectivity index (χ4v) is 2.39. The fourth-order valence-electron chi connectivity index (χ4n) is 2.39. The SMILES string of the molecule is C=CC(O)C[C@@](C)(C=C)c1ccc(C)c(OC)c1OC. The third-order valence-corrected chi connectivity index (χ3v) is 3.69. The lowest BCUT2D eigenvalue weighted by Gasteiger charge is -2.30. The van der Waals surface area contributed by atoms with Crippen molar-refractivity contribution in [3.05, 3.63) is 48.6 Å². The summed E-state index contributed by atoms with van der Waals surface area (Å²) in [6.45, 7) is 11.5. The molecule has 1 aromatic rings. The van der Waals surface area contributed by atoms with Crippen molar-refractivity contribution >= 4 is 0 Å². The molecule has 0 aliphatic heterocycles. The molecule has 1 N–H and O–H groups in total. The molecule has 0 heterocycles. The summed E-state index contributed by atoms with van der Waals surface area (Å²) in [6.07, 6.45) is 3.24. The van der Waals surface area contributed by atoms with E-state index in [0.717, 1.165) is 11.1 Å². The minimum Gasteiger partial charge on any atom is -0.493 e. The standard InChI is InChI=1S/C17H24O3/c1-7-13(18)11-17(4,8-2)14-10-9-12(3)15(19-5)16(14)20-6/h7-10,13,18H,1-2,11H2,3-6H3/t13?,17-/m1/s1. The van der Waals surface area contributed by atoms with Crippen LogP contribution in [0.2, 0.25) is 0 Å². The average Bonchev–Trinajstić information content (AvgIpc) is 2.46. The number of aliphatic hydroxyl groups excluding tert-OH is 1. The van der Waals surface area contributed by atoms with Gasteiger partial charge >= 0.3 is 0 Å². The first-order valence-electron chi connectivity index (χ1n) is 6.59. The van der Waals surface area contributed by atoms with Crippen LogP contribution in [-0.2, 0) is 5.41 Å². The monoisotopic (exact) mass is 276 g/mol. The van der Waals surface area contributed by atoms with Gasteiger partial charge in [-0.3, -0.25) is 0 Å². The molecule has 0 spiro atoms. The normalized spacial score (nSPS) is 15.1. The number of hydrogen-bond donors (Lipinski definition) is 1. The van der Waals surface area contributed by atoms with Crippen molar-refractivity contribution < 1.29 is 14.6 Å². The molecule has 0 amide bonds. The van der Waals surface area contributed by atoms with E-state index in [1.807, 2.05) is 32.1 Å². The molecule has 0 aliphatic carbocycles. The van der Waals surface area contributed by atoms with E-state index in [2.05, 4.69) is 13.2 Å². The number of hydrogen-bond acceptors (Lipinski definition) is 3. The second-order valence-corrected chi connectivity index (χ2v) is 5.13. The van der Waals surface area contributed by atoms with Crippen LogP contribution in [-0.4, -0.2) is 25.4 Å². The van der Waals surface area contributed by atoms with Crippen molar-refractivity contribution in [1.82, 2.24) is 0 Å². The van der Waals surface area contributed by atoms with E-state index >= 15 is 0 Å². The number of rotatable bonds is 7. The summed E-state index contributed by atoms with van der Waals surface area (Å²) in [6, 6.07) is 3.98. The molecule has 1 rings (SSSR count). The fraction of sp³-hybridized carbons (Fsp3) is 0.412. The van der Waals surface area contributed by atoms with Crippen molar-refractivity contribution in [1.29, 1.82) is 0 Å². The zero-order valence-electron chi connectivity index (χ0n) is 12.8. The maximum Gasteiger partial charge on any atom is 0.165 e. The number of benzene rings is 1. The molecular formula is C17H24O3. The van der Waals surface area contributed by atoms with Gasteiger partial charge in [-0.2, -0.15) is 0 Å². The second-order valence-electron chi connectivity index (χ2n) is 5.13. The molecule has 1 unspecified atom stereocenters. The van der Waals surface area contributed by atoms with Gasteiger partial charge in [-0.05, 0) is 18.9 Å². The zero-order chi connectivity index (χ0) is 15.3. The lowest BCUT2D eigenvalue weighted by atomic mass is 9.77. The van der Waals surface area contributed by atoms with E-state index < -0.39 is 11.5 Å². The molecule has 0 saturated carbocycles. The Morgan fingerprint density at radius 3 is 2.30 bits per heavy atom.